The van der Waals surface area contributed by atoms with Crippen LogP contribution in [-0.2, 0) is 21.2 Å². The first-order valence-corrected chi connectivity index (χ1v) is 14.6. The fourth-order valence-electron chi connectivity index (χ4n) is 4.51. The Kier molecular flexibility index (Phi) is 8.40. The molecule has 39 heavy (non-hydrogen) atoms. The van der Waals surface area contributed by atoms with Crippen molar-refractivity contribution < 1.29 is 27.1 Å². The van der Waals surface area contributed by atoms with Crippen LogP contribution in [0.3, 0.4) is 0 Å². The Bertz CT molecular complexity index is 1570. The number of hydrogen-bond donors (Lipinski definition) is 1. The Morgan fingerprint density at radius 2 is 1.74 bits per heavy atom. The largest absolute Gasteiger partial charge is 0.453 e. The van der Waals surface area contributed by atoms with Gasteiger partial charge in [-0.1, -0.05) is 42.6 Å². The van der Waals surface area contributed by atoms with Crippen LogP contribution < -0.4 is 9.46 Å². The highest BCUT2D eigenvalue weighted by molar-refractivity contribution is 7.92. The third kappa shape index (κ3) is 6.80. The minimum atomic E-state index is -4.20. The van der Waals surface area contributed by atoms with E-state index in [4.69, 9.17) is 27.9 Å². The number of ether oxygens (including phenoxy) is 1. The number of ketones is 2. The second-order valence-electron chi connectivity index (χ2n) is 10.4. The van der Waals surface area contributed by atoms with Crippen molar-refractivity contribution in [2.45, 2.75) is 57.8 Å². The quantitative estimate of drug-likeness (QED) is 0.242. The predicted molar refractivity (Wildman–Crippen MR) is 150 cm³/mol. The Hall–Kier alpha value is -2.94. The summed E-state index contributed by atoms with van der Waals surface area (Å²) in [6.07, 6.45) is 3.17. The van der Waals surface area contributed by atoms with E-state index in [1.807, 2.05) is 0 Å². The number of benzene rings is 3. The summed E-state index contributed by atoms with van der Waals surface area (Å²) in [7, 11) is -4.20. The zero-order valence-electron chi connectivity index (χ0n) is 21.7. The minimum Gasteiger partial charge on any atom is -0.453 e. The molecule has 0 unspecified atom stereocenters. The van der Waals surface area contributed by atoms with Crippen molar-refractivity contribution in [2.75, 3.05) is 4.72 Å². The number of carbonyl (C=O) groups is 2. The second-order valence-corrected chi connectivity index (χ2v) is 12.8. The molecule has 4 rings (SSSR count). The summed E-state index contributed by atoms with van der Waals surface area (Å²) in [5.74, 6) is -1.15. The summed E-state index contributed by atoms with van der Waals surface area (Å²) in [6.45, 7) is 5.18. The predicted octanol–water partition coefficient (Wildman–Crippen LogP) is 7.93. The van der Waals surface area contributed by atoms with E-state index in [0.717, 1.165) is 30.9 Å². The van der Waals surface area contributed by atoms with Gasteiger partial charge in [-0.25, -0.2) is 12.8 Å². The van der Waals surface area contributed by atoms with Gasteiger partial charge in [-0.15, -0.1) is 0 Å². The van der Waals surface area contributed by atoms with E-state index in [-0.39, 0.29) is 61.1 Å². The summed E-state index contributed by atoms with van der Waals surface area (Å²) in [5.41, 5.74) is 1.08. The molecule has 1 aliphatic carbocycles. The van der Waals surface area contributed by atoms with Crippen LogP contribution >= 0.6 is 23.2 Å². The summed E-state index contributed by atoms with van der Waals surface area (Å²) in [6, 6.07) is 11.2. The molecule has 1 N–H and O–H groups in total. The van der Waals surface area contributed by atoms with Crippen LogP contribution in [0.15, 0.2) is 53.4 Å². The first-order valence-electron chi connectivity index (χ1n) is 12.4. The van der Waals surface area contributed by atoms with Gasteiger partial charge in [0.2, 0.25) is 0 Å². The highest BCUT2D eigenvalue weighted by Crippen LogP contribution is 2.44. The van der Waals surface area contributed by atoms with Crippen molar-refractivity contribution in [1.29, 1.82) is 0 Å². The first kappa shape index (κ1) is 29.1. The number of rotatable bonds is 10. The van der Waals surface area contributed by atoms with Crippen LogP contribution in [0.25, 0.3) is 0 Å². The number of carbonyl (C=O) groups excluding carboxylic acids is 2. The van der Waals surface area contributed by atoms with E-state index < -0.39 is 15.8 Å². The van der Waals surface area contributed by atoms with Crippen molar-refractivity contribution in [3.8, 4) is 11.5 Å². The van der Waals surface area contributed by atoms with Crippen LogP contribution in [0.1, 0.15) is 61.0 Å². The summed E-state index contributed by atoms with van der Waals surface area (Å²) < 4.78 is 49.6. The van der Waals surface area contributed by atoms with E-state index in [9.17, 15) is 22.4 Å². The van der Waals surface area contributed by atoms with Gasteiger partial charge in [0.1, 0.15) is 22.2 Å². The maximum atomic E-state index is 14.7. The summed E-state index contributed by atoms with van der Waals surface area (Å²) >= 11 is 12.5. The lowest BCUT2D eigenvalue weighted by Crippen LogP contribution is -2.28. The second kappa shape index (κ2) is 11.3. The van der Waals surface area contributed by atoms with Gasteiger partial charge in [0.25, 0.3) is 10.0 Å². The van der Waals surface area contributed by atoms with E-state index >= 15 is 0 Å². The molecule has 0 aromatic heterocycles. The van der Waals surface area contributed by atoms with Crippen molar-refractivity contribution in [2.24, 2.45) is 5.41 Å². The fraction of sp³-hybridized carbons (Fsp3) is 0.310. The molecule has 3 aromatic rings. The average molecular weight is 593 g/mol. The SMILES string of the molecule is CC(=O)Cc1cc(Cl)c(Oc2ccc(C(=O)CC3(C)CCC3)cc2NS(=O)(=O)c2ccc(C)cc2Cl)cc1F. The molecule has 10 heteroatoms. The van der Waals surface area contributed by atoms with Gasteiger partial charge in [0, 0.05) is 24.5 Å². The van der Waals surface area contributed by atoms with E-state index in [1.54, 1.807) is 13.0 Å². The van der Waals surface area contributed by atoms with Gasteiger partial charge in [0.15, 0.2) is 11.5 Å². The Morgan fingerprint density at radius 1 is 1.03 bits per heavy atom. The molecular weight excluding hydrogens is 564 g/mol. The van der Waals surface area contributed by atoms with Gasteiger partial charge in [-0.05, 0) is 79.6 Å². The summed E-state index contributed by atoms with van der Waals surface area (Å²) in [5, 5.41) is 0.0578. The molecule has 0 radical (unpaired) electrons. The molecule has 1 fully saturated rings. The molecule has 206 valence electrons. The number of sulfonamides is 1. The van der Waals surface area contributed by atoms with Crippen LogP contribution in [-0.4, -0.2) is 20.0 Å². The lowest BCUT2D eigenvalue weighted by Gasteiger charge is -2.37. The lowest BCUT2D eigenvalue weighted by molar-refractivity contribution is -0.116. The molecular formula is C29H28Cl2FNO5S. The van der Waals surface area contributed by atoms with E-state index in [1.165, 1.54) is 43.3 Å². The molecule has 0 bridgehead atoms. The zero-order valence-corrected chi connectivity index (χ0v) is 24.1. The van der Waals surface area contributed by atoms with Crippen molar-refractivity contribution in [3.05, 3.63) is 81.1 Å². The maximum Gasteiger partial charge on any atom is 0.263 e. The van der Waals surface area contributed by atoms with Gasteiger partial charge in [-0.2, -0.15) is 0 Å². The molecule has 0 aliphatic heterocycles. The van der Waals surface area contributed by atoms with Gasteiger partial charge >= 0.3 is 0 Å². The number of aryl methyl sites for hydroxylation is 1. The van der Waals surface area contributed by atoms with Crippen LogP contribution in [0.2, 0.25) is 10.0 Å². The Labute approximate surface area is 237 Å². The number of hydrogen-bond acceptors (Lipinski definition) is 5. The maximum absolute atomic E-state index is 14.7. The third-order valence-corrected chi connectivity index (χ3v) is 8.97. The van der Waals surface area contributed by atoms with E-state index in [0.29, 0.717) is 12.0 Å². The molecule has 0 atom stereocenters. The molecule has 0 spiro atoms. The number of Topliss-reactive ketones (excluding diaryl/α,β-unsaturated/α-hetero) is 2. The highest BCUT2D eigenvalue weighted by Gasteiger charge is 2.34. The minimum absolute atomic E-state index is 0.00571. The molecule has 0 saturated heterocycles. The van der Waals surface area contributed by atoms with Crippen LogP contribution in [0.5, 0.6) is 11.5 Å². The third-order valence-electron chi connectivity index (χ3n) is 6.83. The molecule has 1 aliphatic rings. The zero-order chi connectivity index (χ0) is 28.5. The fourth-order valence-corrected chi connectivity index (χ4v) is 6.40. The van der Waals surface area contributed by atoms with Crippen LogP contribution in [0.4, 0.5) is 10.1 Å². The Morgan fingerprint density at radius 3 is 2.36 bits per heavy atom. The number of anilines is 1. The number of nitrogens with one attached hydrogen (secondary N) is 1. The topological polar surface area (TPSA) is 89.5 Å². The molecule has 3 aromatic carbocycles. The molecule has 0 heterocycles. The monoisotopic (exact) mass is 591 g/mol. The molecule has 1 saturated carbocycles. The van der Waals surface area contributed by atoms with Crippen molar-refractivity contribution in [3.63, 3.8) is 0 Å². The van der Waals surface area contributed by atoms with Crippen molar-refractivity contribution in [1.82, 2.24) is 0 Å². The molecule has 0 amide bonds. The number of halogens is 3. The molecule has 6 nitrogen and oxygen atoms in total. The van der Waals surface area contributed by atoms with Gasteiger partial charge in [0.05, 0.1) is 15.7 Å². The average Bonchev–Trinajstić information content (AvgIpc) is 2.81. The smallest absolute Gasteiger partial charge is 0.263 e. The first-order chi connectivity index (χ1) is 18.3. The summed E-state index contributed by atoms with van der Waals surface area (Å²) in [4.78, 5) is 24.4. The lowest BCUT2D eigenvalue weighted by atomic mass is 9.67. The highest BCUT2D eigenvalue weighted by atomic mass is 35.5. The normalized spacial score (nSPS) is 14.4. The van der Waals surface area contributed by atoms with Crippen molar-refractivity contribution >= 4 is 50.5 Å². The van der Waals surface area contributed by atoms with Crippen LogP contribution in [0, 0.1) is 18.2 Å². The van der Waals surface area contributed by atoms with E-state index in [2.05, 4.69) is 11.6 Å². The van der Waals surface area contributed by atoms with Gasteiger partial charge in [-0.3, -0.25) is 14.3 Å². The van der Waals surface area contributed by atoms with Gasteiger partial charge < -0.3 is 4.74 Å². The Balaban J connectivity index is 1.73. The standard InChI is InChI=1S/C29H28Cl2FNO5S/c1-17-5-8-28(22(31)11-17)39(36,37)33-24-14-19(25(35)16-29(3)9-4-10-29)6-7-26(24)38-27-15-23(32)20(12-18(2)34)13-21(27)30/h5-8,11,13-15,33H,4,9-10,12,16H2,1-3H3.